The summed E-state index contributed by atoms with van der Waals surface area (Å²) in [7, 11) is 0. The zero-order valence-electron chi connectivity index (χ0n) is 17.1. The van der Waals surface area contributed by atoms with Gasteiger partial charge in [0.1, 0.15) is 0 Å². The van der Waals surface area contributed by atoms with Crippen molar-refractivity contribution in [1.29, 1.82) is 0 Å². The number of carbonyl (C=O) groups is 1. The van der Waals surface area contributed by atoms with Crippen molar-refractivity contribution in [3.05, 3.63) is 70.5 Å². The monoisotopic (exact) mass is 390 g/mol. The molecule has 1 aliphatic rings. The molecule has 1 aliphatic carbocycles. The Morgan fingerprint density at radius 3 is 2.72 bits per heavy atom. The minimum Gasteiger partial charge on any atom is -0.376 e. The quantitative estimate of drug-likeness (QED) is 0.650. The first-order chi connectivity index (χ1) is 14.0. The molecule has 150 valence electrons. The lowest BCUT2D eigenvalue weighted by atomic mass is 10.1. The van der Waals surface area contributed by atoms with E-state index in [4.69, 9.17) is 4.74 Å². The van der Waals surface area contributed by atoms with Gasteiger partial charge in [0, 0.05) is 12.3 Å². The Morgan fingerprint density at radius 2 is 1.97 bits per heavy atom. The Balaban J connectivity index is 1.46. The molecule has 29 heavy (non-hydrogen) atoms. The zero-order valence-corrected chi connectivity index (χ0v) is 17.1. The fourth-order valence-electron chi connectivity index (χ4n) is 3.28. The summed E-state index contributed by atoms with van der Waals surface area (Å²) in [6.45, 7) is 7.23. The maximum absolute atomic E-state index is 12.8. The van der Waals surface area contributed by atoms with E-state index in [0.717, 1.165) is 35.0 Å². The van der Waals surface area contributed by atoms with Gasteiger partial charge in [-0.25, -0.2) is 0 Å². The standard InChI is InChI=1S/C23H26N4O2/c1-15-7-10-21(16(2)11-15)27-25-17(3)22(26-27)23(28)24-20-6-4-5-19(12-20)14-29-13-18-8-9-18/h4-7,10-12,18H,8-9,13-14H2,1-3H3,(H,24,28). The molecule has 0 bridgehead atoms. The highest BCUT2D eigenvalue weighted by atomic mass is 16.5. The third-order valence-electron chi connectivity index (χ3n) is 5.07. The van der Waals surface area contributed by atoms with Crippen molar-refractivity contribution >= 4 is 11.6 Å². The van der Waals surface area contributed by atoms with Crippen molar-refractivity contribution in [2.75, 3.05) is 11.9 Å². The fraction of sp³-hybridized carbons (Fsp3) is 0.348. The van der Waals surface area contributed by atoms with E-state index in [1.54, 1.807) is 6.92 Å². The summed E-state index contributed by atoms with van der Waals surface area (Å²) in [5.74, 6) is 0.468. The topological polar surface area (TPSA) is 69.0 Å². The molecule has 2 aromatic carbocycles. The minimum absolute atomic E-state index is 0.269. The highest BCUT2D eigenvalue weighted by Crippen LogP contribution is 2.29. The SMILES string of the molecule is Cc1ccc(-n2nc(C)c(C(=O)Nc3cccc(COCC4CC4)c3)n2)c(C)c1. The summed E-state index contributed by atoms with van der Waals surface area (Å²) in [5.41, 5.74) is 5.78. The summed E-state index contributed by atoms with van der Waals surface area (Å²) in [6.07, 6.45) is 2.55. The molecule has 1 saturated carbocycles. The Bertz CT molecular complexity index is 1040. The van der Waals surface area contributed by atoms with Crippen molar-refractivity contribution in [3.8, 4) is 5.69 Å². The summed E-state index contributed by atoms with van der Waals surface area (Å²) in [6, 6.07) is 13.8. The van der Waals surface area contributed by atoms with E-state index in [9.17, 15) is 4.79 Å². The highest BCUT2D eigenvalue weighted by Gasteiger charge is 2.21. The van der Waals surface area contributed by atoms with Crippen LogP contribution in [-0.2, 0) is 11.3 Å². The largest absolute Gasteiger partial charge is 0.376 e. The van der Waals surface area contributed by atoms with E-state index < -0.39 is 0 Å². The molecule has 1 fully saturated rings. The first-order valence-corrected chi connectivity index (χ1v) is 9.99. The van der Waals surface area contributed by atoms with Crippen LogP contribution in [0.3, 0.4) is 0 Å². The molecular weight excluding hydrogens is 364 g/mol. The predicted octanol–water partition coefficient (Wildman–Crippen LogP) is 4.37. The molecule has 1 N–H and O–H groups in total. The number of nitrogens with one attached hydrogen (secondary N) is 1. The number of carbonyl (C=O) groups excluding carboxylic acids is 1. The van der Waals surface area contributed by atoms with Crippen LogP contribution in [0.5, 0.6) is 0 Å². The van der Waals surface area contributed by atoms with Gasteiger partial charge in [0.25, 0.3) is 5.91 Å². The Hall–Kier alpha value is -2.99. The number of aromatic nitrogens is 3. The molecule has 6 heteroatoms. The van der Waals surface area contributed by atoms with Gasteiger partial charge in [-0.05, 0) is 68.9 Å². The maximum Gasteiger partial charge on any atom is 0.278 e. The van der Waals surface area contributed by atoms with Crippen LogP contribution in [0, 0.1) is 26.7 Å². The highest BCUT2D eigenvalue weighted by molar-refractivity contribution is 6.03. The number of hydrogen-bond acceptors (Lipinski definition) is 4. The lowest BCUT2D eigenvalue weighted by Crippen LogP contribution is -2.14. The number of hydrogen-bond donors (Lipinski definition) is 1. The molecule has 0 spiro atoms. The second-order valence-electron chi connectivity index (χ2n) is 7.83. The van der Waals surface area contributed by atoms with Crippen molar-refractivity contribution in [2.24, 2.45) is 5.92 Å². The number of aryl methyl sites for hydroxylation is 3. The third kappa shape index (κ3) is 4.71. The van der Waals surface area contributed by atoms with E-state index in [1.807, 2.05) is 50.2 Å². The van der Waals surface area contributed by atoms with Crippen LogP contribution < -0.4 is 5.32 Å². The second-order valence-corrected chi connectivity index (χ2v) is 7.83. The molecule has 0 radical (unpaired) electrons. The minimum atomic E-state index is -0.269. The first-order valence-electron chi connectivity index (χ1n) is 9.99. The van der Waals surface area contributed by atoms with E-state index >= 15 is 0 Å². The molecule has 1 amide bonds. The van der Waals surface area contributed by atoms with Crippen LogP contribution in [0.25, 0.3) is 5.69 Å². The Labute approximate surface area is 170 Å². The van der Waals surface area contributed by atoms with Gasteiger partial charge in [-0.2, -0.15) is 9.90 Å². The lowest BCUT2D eigenvalue weighted by molar-refractivity contribution is 0.102. The molecular formula is C23H26N4O2. The average Bonchev–Trinajstić information content (AvgIpc) is 3.42. The van der Waals surface area contributed by atoms with Gasteiger partial charge in [0.2, 0.25) is 0 Å². The van der Waals surface area contributed by atoms with Crippen LogP contribution in [-0.4, -0.2) is 27.5 Å². The average molecular weight is 390 g/mol. The van der Waals surface area contributed by atoms with E-state index in [1.165, 1.54) is 23.2 Å². The number of anilines is 1. The molecule has 0 saturated heterocycles. The Morgan fingerprint density at radius 1 is 1.14 bits per heavy atom. The van der Waals surface area contributed by atoms with Gasteiger partial charge in [0.15, 0.2) is 5.69 Å². The maximum atomic E-state index is 12.8. The van der Waals surface area contributed by atoms with Crippen LogP contribution >= 0.6 is 0 Å². The first kappa shape index (κ1) is 19.3. The number of nitrogens with zero attached hydrogens (tertiary/aromatic N) is 3. The molecule has 0 atom stereocenters. The normalized spacial score (nSPS) is 13.5. The van der Waals surface area contributed by atoms with Gasteiger partial charge >= 0.3 is 0 Å². The van der Waals surface area contributed by atoms with Gasteiger partial charge in [-0.3, -0.25) is 4.79 Å². The smallest absolute Gasteiger partial charge is 0.278 e. The number of rotatable bonds is 7. The summed E-state index contributed by atoms with van der Waals surface area (Å²) < 4.78 is 5.74. The molecule has 0 aliphatic heterocycles. The lowest BCUT2D eigenvalue weighted by Gasteiger charge is -2.07. The molecule has 1 aromatic heterocycles. The zero-order chi connectivity index (χ0) is 20.4. The van der Waals surface area contributed by atoms with E-state index in [-0.39, 0.29) is 5.91 Å². The molecule has 3 aromatic rings. The summed E-state index contributed by atoms with van der Waals surface area (Å²) in [5, 5.41) is 11.8. The molecule has 0 unspecified atom stereocenters. The van der Waals surface area contributed by atoms with E-state index in [2.05, 4.69) is 21.6 Å². The molecule has 6 nitrogen and oxygen atoms in total. The van der Waals surface area contributed by atoms with Crippen LogP contribution in [0.4, 0.5) is 5.69 Å². The number of amides is 1. The fourth-order valence-corrected chi connectivity index (χ4v) is 3.28. The van der Waals surface area contributed by atoms with Crippen molar-refractivity contribution in [2.45, 2.75) is 40.2 Å². The molecule has 4 rings (SSSR count). The van der Waals surface area contributed by atoms with Crippen LogP contribution in [0.2, 0.25) is 0 Å². The van der Waals surface area contributed by atoms with Crippen LogP contribution in [0.15, 0.2) is 42.5 Å². The van der Waals surface area contributed by atoms with Crippen molar-refractivity contribution in [3.63, 3.8) is 0 Å². The number of benzene rings is 2. The van der Waals surface area contributed by atoms with Gasteiger partial charge in [-0.15, -0.1) is 5.10 Å². The predicted molar refractivity (Wildman–Crippen MR) is 112 cm³/mol. The second kappa shape index (κ2) is 8.17. The van der Waals surface area contributed by atoms with E-state index in [0.29, 0.717) is 18.0 Å². The summed E-state index contributed by atoms with van der Waals surface area (Å²) >= 11 is 0. The van der Waals surface area contributed by atoms with Crippen molar-refractivity contribution in [1.82, 2.24) is 15.0 Å². The van der Waals surface area contributed by atoms with Gasteiger partial charge < -0.3 is 10.1 Å². The molecule has 1 heterocycles. The number of ether oxygens (including phenoxy) is 1. The van der Waals surface area contributed by atoms with Crippen LogP contribution in [0.1, 0.15) is 45.7 Å². The summed E-state index contributed by atoms with van der Waals surface area (Å²) in [4.78, 5) is 14.3. The Kier molecular flexibility index (Phi) is 5.45. The van der Waals surface area contributed by atoms with Gasteiger partial charge in [0.05, 0.1) is 18.0 Å². The van der Waals surface area contributed by atoms with Gasteiger partial charge in [-0.1, -0.05) is 29.8 Å². The van der Waals surface area contributed by atoms with Crippen molar-refractivity contribution < 1.29 is 9.53 Å². The third-order valence-corrected chi connectivity index (χ3v) is 5.07.